The number of rotatable bonds is 7. The van der Waals surface area contributed by atoms with Gasteiger partial charge in [-0.1, -0.05) is 63.1 Å². The van der Waals surface area contributed by atoms with Crippen molar-refractivity contribution in [1.29, 1.82) is 0 Å². The Morgan fingerprint density at radius 1 is 0.500 bits per heavy atom. The van der Waals surface area contributed by atoms with Gasteiger partial charge in [0, 0.05) is 0 Å². The highest BCUT2D eigenvalue weighted by Gasteiger charge is 2.19. The second kappa shape index (κ2) is 11.2. The Kier molecular flexibility index (Phi) is 8.21. The molecule has 2 heteroatoms. The molecule has 0 N–H and O–H groups in total. The van der Waals surface area contributed by atoms with E-state index in [4.69, 9.17) is 0 Å². The molecule has 0 spiro atoms. The molecule has 0 aromatic heterocycles. The van der Waals surface area contributed by atoms with E-state index in [-0.39, 0.29) is 5.56 Å². The van der Waals surface area contributed by atoms with Crippen molar-refractivity contribution in [1.82, 2.24) is 0 Å². The van der Waals surface area contributed by atoms with Crippen LogP contribution in [0.5, 0.6) is 0 Å². The zero-order valence-corrected chi connectivity index (χ0v) is 24.2. The summed E-state index contributed by atoms with van der Waals surface area (Å²) in [5.41, 5.74) is 14.2. The molecule has 0 saturated carbocycles. The fourth-order valence-corrected chi connectivity index (χ4v) is 5.94. The van der Waals surface area contributed by atoms with Gasteiger partial charge in [-0.05, 0) is 139 Å². The lowest BCUT2D eigenvalue weighted by Crippen LogP contribution is -2.01. The Bertz CT molecular complexity index is 1470. The molecule has 0 amide bonds. The molecule has 4 aromatic rings. The highest BCUT2D eigenvalue weighted by atomic mass is 19.1. The first-order valence-electron chi connectivity index (χ1n) is 13.9. The van der Waals surface area contributed by atoms with Gasteiger partial charge in [0.05, 0.1) is 5.56 Å². The van der Waals surface area contributed by atoms with Gasteiger partial charge in [0.1, 0.15) is 11.6 Å². The summed E-state index contributed by atoms with van der Waals surface area (Å²) in [5, 5.41) is 0. The number of halogens is 2. The monoisotopic (exact) mass is 510 g/mol. The van der Waals surface area contributed by atoms with Crippen molar-refractivity contribution >= 4 is 0 Å². The SMILES string of the molecule is CCCc1c(C)cc(-c2ccc(-c3cc(F)c(-c4cc(C)c(CCC)c(C)c4C)c(F)c3)cc2)c(C)c1C. The molecular formula is C36H40F2. The van der Waals surface area contributed by atoms with Crippen LogP contribution in [0.25, 0.3) is 33.4 Å². The Morgan fingerprint density at radius 2 is 0.921 bits per heavy atom. The smallest absolute Gasteiger partial charge is 0.134 e. The molecule has 38 heavy (non-hydrogen) atoms. The summed E-state index contributed by atoms with van der Waals surface area (Å²) in [7, 11) is 0. The second-order valence-corrected chi connectivity index (χ2v) is 10.8. The minimum atomic E-state index is -0.525. The van der Waals surface area contributed by atoms with Gasteiger partial charge in [-0.3, -0.25) is 0 Å². The molecule has 0 aliphatic heterocycles. The van der Waals surface area contributed by atoms with Crippen molar-refractivity contribution in [3.63, 3.8) is 0 Å². The van der Waals surface area contributed by atoms with Gasteiger partial charge in [-0.25, -0.2) is 8.78 Å². The van der Waals surface area contributed by atoms with E-state index in [1.807, 2.05) is 32.0 Å². The predicted octanol–water partition coefficient (Wildman–Crippen LogP) is 10.7. The third-order valence-corrected chi connectivity index (χ3v) is 8.35. The van der Waals surface area contributed by atoms with Crippen LogP contribution in [0.1, 0.15) is 71.2 Å². The van der Waals surface area contributed by atoms with Crippen molar-refractivity contribution in [3.05, 3.63) is 105 Å². The van der Waals surface area contributed by atoms with Crippen LogP contribution in [0, 0.1) is 53.2 Å². The van der Waals surface area contributed by atoms with E-state index in [1.54, 1.807) is 0 Å². The van der Waals surface area contributed by atoms with Crippen LogP contribution < -0.4 is 0 Å². The Labute approximate surface area is 227 Å². The lowest BCUT2D eigenvalue weighted by molar-refractivity contribution is 0.590. The molecule has 0 aliphatic carbocycles. The number of benzene rings is 4. The molecule has 0 nitrogen and oxygen atoms in total. The van der Waals surface area contributed by atoms with Gasteiger partial charge in [0.15, 0.2) is 0 Å². The number of hydrogen-bond donors (Lipinski definition) is 0. The molecule has 0 radical (unpaired) electrons. The van der Waals surface area contributed by atoms with Crippen LogP contribution in [0.3, 0.4) is 0 Å². The van der Waals surface area contributed by atoms with Gasteiger partial charge in [-0.15, -0.1) is 0 Å². The molecule has 4 rings (SSSR count). The summed E-state index contributed by atoms with van der Waals surface area (Å²) in [5.74, 6) is -1.05. The highest BCUT2D eigenvalue weighted by molar-refractivity contribution is 5.77. The van der Waals surface area contributed by atoms with Crippen molar-refractivity contribution in [2.75, 3.05) is 0 Å². The first-order chi connectivity index (χ1) is 18.1. The summed E-state index contributed by atoms with van der Waals surface area (Å²) in [6.07, 6.45) is 4.23. The minimum Gasteiger partial charge on any atom is -0.206 e. The predicted molar refractivity (Wildman–Crippen MR) is 159 cm³/mol. The average Bonchev–Trinajstić information content (AvgIpc) is 2.89. The van der Waals surface area contributed by atoms with Crippen LogP contribution in [0.15, 0.2) is 48.5 Å². The van der Waals surface area contributed by atoms with Crippen LogP contribution >= 0.6 is 0 Å². The van der Waals surface area contributed by atoms with E-state index in [9.17, 15) is 0 Å². The van der Waals surface area contributed by atoms with E-state index in [0.29, 0.717) is 11.1 Å². The van der Waals surface area contributed by atoms with E-state index in [2.05, 4.69) is 59.7 Å². The maximum absolute atomic E-state index is 15.5. The minimum absolute atomic E-state index is 0.0610. The van der Waals surface area contributed by atoms with Crippen molar-refractivity contribution < 1.29 is 8.78 Å². The van der Waals surface area contributed by atoms with Crippen LogP contribution in [-0.2, 0) is 12.8 Å². The lowest BCUT2D eigenvalue weighted by atomic mass is 9.87. The molecule has 0 atom stereocenters. The van der Waals surface area contributed by atoms with Crippen molar-refractivity contribution in [2.45, 2.75) is 81.1 Å². The molecular weight excluding hydrogens is 470 g/mol. The van der Waals surface area contributed by atoms with Crippen LogP contribution in [-0.4, -0.2) is 0 Å². The maximum atomic E-state index is 15.5. The number of aryl methyl sites for hydroxylation is 2. The third-order valence-electron chi connectivity index (χ3n) is 8.35. The third kappa shape index (κ3) is 5.06. The zero-order valence-electron chi connectivity index (χ0n) is 24.2. The lowest BCUT2D eigenvalue weighted by Gasteiger charge is -2.18. The Morgan fingerprint density at radius 3 is 1.39 bits per heavy atom. The van der Waals surface area contributed by atoms with Gasteiger partial charge >= 0.3 is 0 Å². The van der Waals surface area contributed by atoms with Crippen LogP contribution in [0.4, 0.5) is 8.78 Å². The van der Waals surface area contributed by atoms with E-state index >= 15 is 8.78 Å². The standard InChI is InChI=1S/C36H40F2/c1-9-11-30-21(3)17-32(25(7)23(30)5)28-15-13-27(14-16-28)29-19-34(37)36(35(38)20-29)33-18-22(4)31(12-10-2)24(6)26(33)8/h13-20H,9-12H2,1-8H3. The Hall–Kier alpha value is -3.26. The normalized spacial score (nSPS) is 11.3. The summed E-state index contributed by atoms with van der Waals surface area (Å²) in [4.78, 5) is 0. The summed E-state index contributed by atoms with van der Waals surface area (Å²) in [6, 6.07) is 15.2. The van der Waals surface area contributed by atoms with E-state index in [1.165, 1.54) is 45.5 Å². The Balaban J connectivity index is 1.72. The molecule has 0 saturated heterocycles. The molecule has 0 heterocycles. The first-order valence-corrected chi connectivity index (χ1v) is 13.9. The van der Waals surface area contributed by atoms with Gasteiger partial charge in [0.25, 0.3) is 0 Å². The number of hydrogen-bond acceptors (Lipinski definition) is 0. The average molecular weight is 511 g/mol. The van der Waals surface area contributed by atoms with Crippen molar-refractivity contribution in [2.24, 2.45) is 0 Å². The second-order valence-electron chi connectivity index (χ2n) is 10.8. The summed E-state index contributed by atoms with van der Waals surface area (Å²) in [6.45, 7) is 17.0. The summed E-state index contributed by atoms with van der Waals surface area (Å²) >= 11 is 0. The highest BCUT2D eigenvalue weighted by Crippen LogP contribution is 2.37. The zero-order chi connectivity index (χ0) is 27.7. The molecule has 198 valence electrons. The molecule has 4 aromatic carbocycles. The van der Waals surface area contributed by atoms with E-state index < -0.39 is 11.6 Å². The molecule has 0 unspecified atom stereocenters. The fourth-order valence-electron chi connectivity index (χ4n) is 5.94. The maximum Gasteiger partial charge on any atom is 0.134 e. The van der Waals surface area contributed by atoms with E-state index in [0.717, 1.165) is 53.5 Å². The van der Waals surface area contributed by atoms with Gasteiger partial charge in [-0.2, -0.15) is 0 Å². The summed E-state index contributed by atoms with van der Waals surface area (Å²) < 4.78 is 31.0. The van der Waals surface area contributed by atoms with Gasteiger partial charge < -0.3 is 0 Å². The fraction of sp³-hybridized carbons (Fsp3) is 0.333. The topological polar surface area (TPSA) is 0 Å². The van der Waals surface area contributed by atoms with Crippen molar-refractivity contribution in [3.8, 4) is 33.4 Å². The molecule has 0 bridgehead atoms. The molecule has 0 aliphatic rings. The van der Waals surface area contributed by atoms with Gasteiger partial charge in [0.2, 0.25) is 0 Å². The molecule has 0 fully saturated rings. The quantitative estimate of drug-likeness (QED) is 0.232. The van der Waals surface area contributed by atoms with Crippen LogP contribution in [0.2, 0.25) is 0 Å². The largest absolute Gasteiger partial charge is 0.206 e. The first kappa shape index (κ1) is 27.8.